The van der Waals surface area contributed by atoms with E-state index in [9.17, 15) is 0 Å². The average Bonchev–Trinajstić information content (AvgIpc) is 3.51. The first kappa shape index (κ1) is 19.9. The third kappa shape index (κ3) is 4.07. The molecule has 4 aromatic rings. The van der Waals surface area contributed by atoms with Crippen molar-refractivity contribution in [1.82, 2.24) is 30.1 Å². The molecular weight excluding hydrogens is 408 g/mol. The van der Waals surface area contributed by atoms with Crippen LogP contribution in [0, 0.1) is 6.92 Å². The molecule has 1 N–H and O–H groups in total. The quantitative estimate of drug-likeness (QED) is 0.485. The van der Waals surface area contributed by atoms with Crippen molar-refractivity contribution in [3.63, 3.8) is 0 Å². The van der Waals surface area contributed by atoms with Crippen LogP contribution in [0.25, 0.3) is 11.4 Å². The molecule has 0 saturated carbocycles. The van der Waals surface area contributed by atoms with Gasteiger partial charge in [0.05, 0.1) is 36.9 Å². The number of nitrogens with one attached hydrogen (secondary N) is 1. The van der Waals surface area contributed by atoms with Crippen molar-refractivity contribution in [2.45, 2.75) is 25.8 Å². The van der Waals surface area contributed by atoms with Crippen LogP contribution in [0.5, 0.6) is 5.88 Å². The molecule has 0 spiro atoms. The fraction of sp³-hybridized carbons (Fsp3) is 0.273. The third-order valence-electron chi connectivity index (χ3n) is 5.23. The molecule has 10 heteroatoms. The first-order valence-electron chi connectivity index (χ1n) is 10.3. The zero-order valence-electron chi connectivity index (χ0n) is 17.8. The van der Waals surface area contributed by atoms with E-state index in [1.807, 2.05) is 31.2 Å². The second kappa shape index (κ2) is 8.58. The minimum Gasteiger partial charge on any atom is -0.481 e. The number of rotatable bonds is 6. The maximum Gasteiger partial charge on any atom is 0.231 e. The van der Waals surface area contributed by atoms with Crippen LogP contribution >= 0.6 is 0 Å². The van der Waals surface area contributed by atoms with Gasteiger partial charge >= 0.3 is 0 Å². The Balaban J connectivity index is 1.43. The number of aryl methyl sites for hydroxylation is 1. The molecule has 32 heavy (non-hydrogen) atoms. The Bertz CT molecular complexity index is 1200. The highest BCUT2D eigenvalue weighted by atomic mass is 16.5. The van der Waals surface area contributed by atoms with Gasteiger partial charge < -0.3 is 19.5 Å². The Morgan fingerprint density at radius 2 is 2.00 bits per heavy atom. The van der Waals surface area contributed by atoms with E-state index in [-0.39, 0.29) is 6.04 Å². The summed E-state index contributed by atoms with van der Waals surface area (Å²) in [6.07, 6.45) is 6.99. The van der Waals surface area contributed by atoms with Crippen molar-refractivity contribution < 1.29 is 9.26 Å². The normalized spacial score (nSPS) is 15.7. The second-order valence-electron chi connectivity index (χ2n) is 7.44. The van der Waals surface area contributed by atoms with Crippen molar-refractivity contribution in [2.24, 2.45) is 0 Å². The van der Waals surface area contributed by atoms with Crippen molar-refractivity contribution in [3.8, 4) is 17.3 Å². The molecule has 162 valence electrons. The zero-order valence-corrected chi connectivity index (χ0v) is 17.8. The Morgan fingerprint density at radius 3 is 2.78 bits per heavy atom. The molecule has 0 radical (unpaired) electrons. The Hall–Kier alpha value is -4.08. The molecule has 1 aliphatic heterocycles. The number of hydrogen-bond acceptors (Lipinski definition) is 10. The topological polar surface area (TPSA) is 115 Å². The molecule has 5 rings (SSSR count). The van der Waals surface area contributed by atoms with Crippen LogP contribution in [0.1, 0.15) is 30.3 Å². The lowest BCUT2D eigenvalue weighted by Crippen LogP contribution is -2.24. The molecule has 1 unspecified atom stereocenters. The standard InChI is InChI=1S/C22H22N8O2/c1-14-12-25-20(13-24-14)26-19-11-21(31-2)28-22(27-19)30-9-5-7-17(30)18-10-16(29-32-18)15-6-3-4-8-23-15/h3-4,6,8,10-13,17H,5,7,9H2,1-2H3,(H,25,26,27,28). The van der Waals surface area contributed by atoms with Gasteiger partial charge in [-0.1, -0.05) is 11.2 Å². The summed E-state index contributed by atoms with van der Waals surface area (Å²) in [7, 11) is 1.58. The monoisotopic (exact) mass is 430 g/mol. The van der Waals surface area contributed by atoms with Crippen LogP contribution in [-0.2, 0) is 0 Å². The number of aromatic nitrogens is 6. The lowest BCUT2D eigenvalue weighted by Gasteiger charge is -2.23. The van der Waals surface area contributed by atoms with Gasteiger partial charge in [0.25, 0.3) is 0 Å². The Labute approximate surface area is 184 Å². The predicted molar refractivity (Wildman–Crippen MR) is 118 cm³/mol. The smallest absolute Gasteiger partial charge is 0.231 e. The van der Waals surface area contributed by atoms with Crippen molar-refractivity contribution in [2.75, 3.05) is 23.9 Å². The van der Waals surface area contributed by atoms with Gasteiger partial charge in [-0.25, -0.2) is 4.98 Å². The molecule has 1 saturated heterocycles. The molecule has 1 atom stereocenters. The van der Waals surface area contributed by atoms with Crippen LogP contribution < -0.4 is 15.0 Å². The van der Waals surface area contributed by atoms with E-state index in [0.717, 1.165) is 36.5 Å². The van der Waals surface area contributed by atoms with Crippen LogP contribution in [0.15, 0.2) is 53.4 Å². The second-order valence-corrected chi connectivity index (χ2v) is 7.44. The minimum atomic E-state index is -0.0286. The molecule has 0 aromatic carbocycles. The highest BCUT2D eigenvalue weighted by Gasteiger charge is 2.32. The first-order chi connectivity index (χ1) is 15.7. The number of hydrogen-bond donors (Lipinski definition) is 1. The fourth-order valence-corrected chi connectivity index (χ4v) is 3.68. The molecule has 4 aromatic heterocycles. The van der Waals surface area contributed by atoms with Gasteiger partial charge in [-0.3, -0.25) is 9.97 Å². The molecular formula is C22H22N8O2. The molecule has 10 nitrogen and oxygen atoms in total. The van der Waals surface area contributed by atoms with E-state index in [1.54, 1.807) is 31.8 Å². The van der Waals surface area contributed by atoms with E-state index >= 15 is 0 Å². The van der Waals surface area contributed by atoms with Gasteiger partial charge in [-0.2, -0.15) is 9.97 Å². The van der Waals surface area contributed by atoms with Gasteiger partial charge in [0.1, 0.15) is 17.3 Å². The highest BCUT2D eigenvalue weighted by molar-refractivity contribution is 5.56. The lowest BCUT2D eigenvalue weighted by molar-refractivity contribution is 0.361. The van der Waals surface area contributed by atoms with Gasteiger partial charge in [0.15, 0.2) is 5.76 Å². The Kier molecular flexibility index (Phi) is 5.32. The highest BCUT2D eigenvalue weighted by Crippen LogP contribution is 2.37. The van der Waals surface area contributed by atoms with E-state index in [0.29, 0.717) is 29.2 Å². The number of anilines is 3. The Morgan fingerprint density at radius 1 is 1.06 bits per heavy atom. The SMILES string of the molecule is COc1cc(Nc2cnc(C)cn2)nc(N2CCCC2c2cc(-c3ccccn3)no2)n1. The van der Waals surface area contributed by atoms with E-state index in [4.69, 9.17) is 14.2 Å². The zero-order chi connectivity index (χ0) is 21.9. The maximum atomic E-state index is 5.70. The summed E-state index contributed by atoms with van der Waals surface area (Å²) in [5, 5.41) is 7.39. The molecule has 1 aliphatic rings. The van der Waals surface area contributed by atoms with Crippen LogP contribution in [-0.4, -0.2) is 43.7 Å². The van der Waals surface area contributed by atoms with Crippen molar-refractivity contribution >= 4 is 17.6 Å². The molecule has 0 aliphatic carbocycles. The van der Waals surface area contributed by atoms with Crippen molar-refractivity contribution in [3.05, 3.63) is 60.4 Å². The summed E-state index contributed by atoms with van der Waals surface area (Å²) < 4.78 is 11.1. The summed E-state index contributed by atoms with van der Waals surface area (Å²) in [5.74, 6) is 2.92. The predicted octanol–water partition coefficient (Wildman–Crippen LogP) is 3.72. The number of methoxy groups -OCH3 is 1. The summed E-state index contributed by atoms with van der Waals surface area (Å²) in [5.41, 5.74) is 2.32. The average molecular weight is 430 g/mol. The van der Waals surface area contributed by atoms with Gasteiger partial charge in [0, 0.05) is 24.9 Å². The number of pyridine rings is 1. The summed E-state index contributed by atoms with van der Waals surface area (Å²) in [4.78, 5) is 24.3. The number of nitrogens with zero attached hydrogens (tertiary/aromatic N) is 7. The van der Waals surface area contributed by atoms with Crippen LogP contribution in [0.2, 0.25) is 0 Å². The van der Waals surface area contributed by atoms with Gasteiger partial charge in [-0.15, -0.1) is 0 Å². The largest absolute Gasteiger partial charge is 0.481 e. The third-order valence-corrected chi connectivity index (χ3v) is 5.23. The maximum absolute atomic E-state index is 5.70. The lowest BCUT2D eigenvalue weighted by atomic mass is 10.1. The molecule has 0 amide bonds. The molecule has 5 heterocycles. The van der Waals surface area contributed by atoms with E-state index in [1.165, 1.54) is 0 Å². The van der Waals surface area contributed by atoms with E-state index in [2.05, 4.69) is 35.3 Å². The minimum absolute atomic E-state index is 0.0286. The number of ether oxygens (including phenoxy) is 1. The molecule has 0 bridgehead atoms. The summed E-state index contributed by atoms with van der Waals surface area (Å²) in [6, 6.07) is 9.34. The summed E-state index contributed by atoms with van der Waals surface area (Å²) >= 11 is 0. The molecule has 1 fully saturated rings. The van der Waals surface area contributed by atoms with Gasteiger partial charge in [-0.05, 0) is 31.9 Å². The van der Waals surface area contributed by atoms with Gasteiger partial charge in [0.2, 0.25) is 11.8 Å². The fourth-order valence-electron chi connectivity index (χ4n) is 3.68. The first-order valence-corrected chi connectivity index (χ1v) is 10.3. The van der Waals surface area contributed by atoms with Crippen LogP contribution in [0.3, 0.4) is 0 Å². The van der Waals surface area contributed by atoms with Crippen molar-refractivity contribution in [1.29, 1.82) is 0 Å². The summed E-state index contributed by atoms with van der Waals surface area (Å²) in [6.45, 7) is 2.68. The van der Waals surface area contributed by atoms with Crippen LogP contribution in [0.4, 0.5) is 17.6 Å². The van der Waals surface area contributed by atoms with E-state index < -0.39 is 0 Å².